The normalized spacial score (nSPS) is 10.5. The van der Waals surface area contributed by atoms with Crippen LogP contribution < -0.4 is 10.6 Å². The minimum absolute atomic E-state index is 0.0284. The van der Waals surface area contributed by atoms with Crippen LogP contribution in [0.25, 0.3) is 10.9 Å². The van der Waals surface area contributed by atoms with E-state index >= 15 is 0 Å². The van der Waals surface area contributed by atoms with Gasteiger partial charge in [0.15, 0.2) is 0 Å². The van der Waals surface area contributed by atoms with E-state index in [9.17, 15) is 20.2 Å². The molecule has 4 rings (SSSR count). The smallest absolute Gasteiger partial charge is 0.334 e. The number of benzene rings is 2. The summed E-state index contributed by atoms with van der Waals surface area (Å²) >= 11 is 0. The number of hydrogen-bond acceptors (Lipinski definition) is 9. The van der Waals surface area contributed by atoms with E-state index < -0.39 is 15.5 Å². The minimum atomic E-state index is -0.620. The molecule has 0 radical (unpaired) electrons. The van der Waals surface area contributed by atoms with E-state index in [0.717, 1.165) is 5.39 Å². The molecule has 0 spiro atoms. The number of nitrogens with one attached hydrogen (secondary N) is 2. The Hall–Kier alpha value is -4.67. The number of nitro groups is 2. The van der Waals surface area contributed by atoms with E-state index in [1.807, 2.05) is 12.1 Å². The predicted octanol–water partition coefficient (Wildman–Crippen LogP) is 4.33. The monoisotopic (exact) mass is 403 g/mol. The molecule has 0 bridgehead atoms. The van der Waals surface area contributed by atoms with Crippen molar-refractivity contribution < 1.29 is 9.85 Å². The first-order chi connectivity index (χ1) is 14.5. The largest absolute Gasteiger partial charge is 0.353 e. The second-order valence-corrected chi connectivity index (χ2v) is 6.11. The highest BCUT2D eigenvalue weighted by Crippen LogP contribution is 2.35. The lowest BCUT2D eigenvalue weighted by Gasteiger charge is -2.11. The van der Waals surface area contributed by atoms with Crippen LogP contribution in [-0.2, 0) is 0 Å². The van der Waals surface area contributed by atoms with E-state index in [2.05, 4.69) is 25.6 Å². The second-order valence-electron chi connectivity index (χ2n) is 6.11. The predicted molar refractivity (Wildman–Crippen MR) is 110 cm³/mol. The maximum absolute atomic E-state index is 11.8. The van der Waals surface area contributed by atoms with Crippen molar-refractivity contribution in [2.24, 2.45) is 0 Å². The van der Waals surface area contributed by atoms with E-state index in [1.165, 1.54) is 24.5 Å². The average molecular weight is 403 g/mol. The molecular weight excluding hydrogens is 390 g/mol. The van der Waals surface area contributed by atoms with Gasteiger partial charge in [-0.15, -0.1) is 0 Å². The minimum Gasteiger partial charge on any atom is -0.334 e. The molecule has 4 aromatic rings. The zero-order chi connectivity index (χ0) is 21.1. The van der Waals surface area contributed by atoms with E-state index in [4.69, 9.17) is 0 Å². The van der Waals surface area contributed by atoms with Crippen molar-refractivity contribution in [3.63, 3.8) is 0 Å². The maximum Gasteiger partial charge on any atom is 0.353 e. The van der Waals surface area contributed by atoms with Gasteiger partial charge in [0.05, 0.1) is 15.4 Å². The van der Waals surface area contributed by atoms with Crippen molar-refractivity contribution in [2.75, 3.05) is 10.6 Å². The summed E-state index contributed by atoms with van der Waals surface area (Å²) in [5, 5.41) is 29.3. The SMILES string of the molecule is O=[N+]([O-])c1cccc(Nc2ncnc(Nc3cccc4ncccc34)c2[N+](=O)[O-])c1. The highest BCUT2D eigenvalue weighted by atomic mass is 16.6. The maximum atomic E-state index is 11.8. The summed E-state index contributed by atoms with van der Waals surface area (Å²) in [7, 11) is 0. The third-order valence-electron chi connectivity index (χ3n) is 4.22. The number of nitro benzene ring substituents is 1. The van der Waals surface area contributed by atoms with Gasteiger partial charge in [0.1, 0.15) is 6.33 Å². The fourth-order valence-electron chi connectivity index (χ4n) is 2.91. The van der Waals surface area contributed by atoms with Gasteiger partial charge >= 0.3 is 5.69 Å². The van der Waals surface area contributed by atoms with Gasteiger partial charge in [-0.3, -0.25) is 25.2 Å². The number of anilines is 4. The fourth-order valence-corrected chi connectivity index (χ4v) is 2.91. The first-order valence-corrected chi connectivity index (χ1v) is 8.64. The third kappa shape index (κ3) is 3.67. The van der Waals surface area contributed by atoms with Gasteiger partial charge in [0, 0.05) is 35.1 Å². The van der Waals surface area contributed by atoms with Crippen LogP contribution in [0, 0.1) is 20.2 Å². The molecule has 2 aromatic heterocycles. The van der Waals surface area contributed by atoms with E-state index in [0.29, 0.717) is 11.2 Å². The standard InChI is InChI=1S/C19H13N7O4/c27-25(28)13-5-1-4-12(10-13)23-18-17(26(29)30)19(22-11-21-18)24-16-8-2-7-15-14(16)6-3-9-20-15/h1-11H,(H2,21,22,23,24). The number of nitrogens with zero attached hydrogens (tertiary/aromatic N) is 5. The van der Waals surface area contributed by atoms with Crippen LogP contribution in [0.4, 0.5) is 34.4 Å². The molecule has 2 heterocycles. The molecule has 0 fully saturated rings. The van der Waals surface area contributed by atoms with Crippen molar-refractivity contribution >= 4 is 45.3 Å². The quantitative estimate of drug-likeness (QED) is 0.354. The van der Waals surface area contributed by atoms with Gasteiger partial charge in [-0.05, 0) is 30.3 Å². The molecule has 0 aliphatic heterocycles. The Morgan fingerprint density at radius 1 is 0.800 bits per heavy atom. The lowest BCUT2D eigenvalue weighted by atomic mass is 10.2. The number of non-ortho nitro benzene ring substituents is 1. The Kier molecular flexibility index (Phi) is 4.83. The molecular formula is C19H13N7O4. The van der Waals surface area contributed by atoms with Gasteiger partial charge in [-0.1, -0.05) is 12.1 Å². The molecule has 2 N–H and O–H groups in total. The lowest BCUT2D eigenvalue weighted by molar-refractivity contribution is -0.384. The molecule has 0 aliphatic carbocycles. The van der Waals surface area contributed by atoms with Crippen LogP contribution in [-0.4, -0.2) is 24.8 Å². The molecule has 0 aliphatic rings. The first-order valence-electron chi connectivity index (χ1n) is 8.64. The molecule has 11 heteroatoms. The Labute approximate surface area is 168 Å². The molecule has 0 amide bonds. The average Bonchev–Trinajstić information content (AvgIpc) is 2.74. The zero-order valence-electron chi connectivity index (χ0n) is 15.2. The summed E-state index contributed by atoms with van der Waals surface area (Å²) in [6.45, 7) is 0. The van der Waals surface area contributed by atoms with Crippen molar-refractivity contribution in [3.05, 3.63) is 87.4 Å². The molecule has 0 unspecified atom stereocenters. The number of pyridine rings is 1. The van der Waals surface area contributed by atoms with Gasteiger partial charge in [-0.25, -0.2) is 9.97 Å². The summed E-state index contributed by atoms with van der Waals surface area (Å²) in [4.78, 5) is 33.8. The molecule has 2 aromatic carbocycles. The second kappa shape index (κ2) is 7.75. The molecule has 0 atom stereocenters. The lowest BCUT2D eigenvalue weighted by Crippen LogP contribution is -2.06. The summed E-state index contributed by atoms with van der Waals surface area (Å²) < 4.78 is 0. The summed E-state index contributed by atoms with van der Waals surface area (Å²) in [6, 6.07) is 14.5. The first kappa shape index (κ1) is 18.7. The van der Waals surface area contributed by atoms with Crippen LogP contribution in [0.2, 0.25) is 0 Å². The van der Waals surface area contributed by atoms with Crippen LogP contribution in [0.15, 0.2) is 67.1 Å². The van der Waals surface area contributed by atoms with E-state index in [-0.39, 0.29) is 23.0 Å². The van der Waals surface area contributed by atoms with E-state index in [1.54, 1.807) is 30.5 Å². The number of rotatable bonds is 6. The topological polar surface area (TPSA) is 149 Å². The molecule has 0 saturated heterocycles. The van der Waals surface area contributed by atoms with Gasteiger partial charge in [0.25, 0.3) is 5.69 Å². The van der Waals surface area contributed by atoms with Crippen LogP contribution >= 0.6 is 0 Å². The Morgan fingerprint density at radius 3 is 2.33 bits per heavy atom. The highest BCUT2D eigenvalue weighted by molar-refractivity contribution is 5.93. The zero-order valence-corrected chi connectivity index (χ0v) is 15.2. The van der Waals surface area contributed by atoms with Gasteiger partial charge < -0.3 is 10.6 Å². The van der Waals surface area contributed by atoms with Crippen molar-refractivity contribution in [2.45, 2.75) is 0 Å². The fraction of sp³-hybridized carbons (Fsp3) is 0. The number of fused-ring (bicyclic) bond motifs is 1. The number of hydrogen-bond donors (Lipinski definition) is 2. The Bertz CT molecular complexity index is 1270. The molecule has 0 saturated carbocycles. The van der Waals surface area contributed by atoms with Crippen LogP contribution in [0.1, 0.15) is 0 Å². The van der Waals surface area contributed by atoms with Crippen LogP contribution in [0.5, 0.6) is 0 Å². The molecule has 11 nitrogen and oxygen atoms in total. The van der Waals surface area contributed by atoms with Crippen LogP contribution in [0.3, 0.4) is 0 Å². The van der Waals surface area contributed by atoms with Crippen molar-refractivity contribution in [3.8, 4) is 0 Å². The third-order valence-corrected chi connectivity index (χ3v) is 4.22. The Balaban J connectivity index is 1.74. The molecule has 30 heavy (non-hydrogen) atoms. The summed E-state index contributed by atoms with van der Waals surface area (Å²) in [5.74, 6) is -0.129. The van der Waals surface area contributed by atoms with Gasteiger partial charge in [0.2, 0.25) is 11.6 Å². The van der Waals surface area contributed by atoms with Crippen molar-refractivity contribution in [1.29, 1.82) is 0 Å². The van der Waals surface area contributed by atoms with Crippen molar-refractivity contribution in [1.82, 2.24) is 15.0 Å². The molecule has 148 valence electrons. The Morgan fingerprint density at radius 2 is 1.57 bits per heavy atom. The highest BCUT2D eigenvalue weighted by Gasteiger charge is 2.24. The van der Waals surface area contributed by atoms with Gasteiger partial charge in [-0.2, -0.15) is 0 Å². The number of aromatic nitrogens is 3. The summed E-state index contributed by atoms with van der Waals surface area (Å²) in [5.41, 5.74) is 1.03. The summed E-state index contributed by atoms with van der Waals surface area (Å²) in [6.07, 6.45) is 2.82.